The Labute approximate surface area is 99.2 Å². The molecule has 82 valence electrons. The van der Waals surface area contributed by atoms with Gasteiger partial charge in [0.25, 0.3) is 0 Å². The molecule has 1 aliphatic heterocycles. The molecule has 2 N–H and O–H groups in total. The smallest absolute Gasteiger partial charge is 0.0595 e. The van der Waals surface area contributed by atoms with E-state index >= 15 is 0 Å². The zero-order valence-corrected chi connectivity index (χ0v) is 9.72. The summed E-state index contributed by atoms with van der Waals surface area (Å²) in [7, 11) is 0. The Bertz CT molecular complexity index is 356. The summed E-state index contributed by atoms with van der Waals surface area (Å²) < 4.78 is 0. The maximum atomic E-state index is 9.57. The van der Waals surface area contributed by atoms with Crippen LogP contribution >= 0.6 is 23.2 Å². The molecule has 1 saturated heterocycles. The molecule has 1 aliphatic rings. The number of nitrogens with one attached hydrogen (secondary N) is 1. The van der Waals surface area contributed by atoms with Gasteiger partial charge in [0.2, 0.25) is 0 Å². The van der Waals surface area contributed by atoms with Crippen LogP contribution in [0.2, 0.25) is 10.0 Å². The van der Waals surface area contributed by atoms with Crippen LogP contribution in [0.3, 0.4) is 0 Å². The molecule has 2 unspecified atom stereocenters. The molecule has 0 aliphatic carbocycles. The summed E-state index contributed by atoms with van der Waals surface area (Å²) in [5, 5.41) is 14.0. The highest BCUT2D eigenvalue weighted by Gasteiger charge is 2.21. The lowest BCUT2D eigenvalue weighted by molar-refractivity contribution is 0.117. The van der Waals surface area contributed by atoms with Crippen molar-refractivity contribution in [2.45, 2.75) is 25.0 Å². The normalized spacial score (nSPS) is 26.6. The van der Waals surface area contributed by atoms with Crippen molar-refractivity contribution in [3.8, 4) is 0 Å². The number of aliphatic hydroxyl groups excluding tert-OH is 1. The monoisotopic (exact) mass is 245 g/mol. The van der Waals surface area contributed by atoms with E-state index in [0.29, 0.717) is 10.0 Å². The molecule has 1 heterocycles. The molecule has 0 aromatic heterocycles. The molecular weight excluding hydrogens is 233 g/mol. The lowest BCUT2D eigenvalue weighted by atomic mass is 9.96. The van der Waals surface area contributed by atoms with Gasteiger partial charge in [-0.2, -0.15) is 0 Å². The van der Waals surface area contributed by atoms with Gasteiger partial charge in [0.15, 0.2) is 0 Å². The number of halogens is 2. The lowest BCUT2D eigenvalue weighted by Crippen LogP contribution is -2.34. The van der Waals surface area contributed by atoms with Crippen molar-refractivity contribution in [2.24, 2.45) is 0 Å². The first-order chi connectivity index (χ1) is 7.16. The van der Waals surface area contributed by atoms with Crippen molar-refractivity contribution < 1.29 is 5.11 Å². The first kappa shape index (κ1) is 11.2. The van der Waals surface area contributed by atoms with E-state index in [9.17, 15) is 5.11 Å². The van der Waals surface area contributed by atoms with E-state index in [2.05, 4.69) is 5.32 Å². The first-order valence-electron chi connectivity index (χ1n) is 5.03. The standard InChI is InChI=1S/C11H13Cl2NO/c12-9-2-1-7(5-10(9)13)11-6-8(15)3-4-14-11/h1-2,5,8,11,14-15H,3-4,6H2. The van der Waals surface area contributed by atoms with Crippen molar-refractivity contribution in [3.63, 3.8) is 0 Å². The fourth-order valence-electron chi connectivity index (χ4n) is 1.88. The number of hydrogen-bond acceptors (Lipinski definition) is 2. The third-order valence-electron chi connectivity index (χ3n) is 2.72. The number of hydrogen-bond donors (Lipinski definition) is 2. The van der Waals surface area contributed by atoms with E-state index in [1.807, 2.05) is 12.1 Å². The van der Waals surface area contributed by atoms with Crippen molar-refractivity contribution in [1.82, 2.24) is 5.32 Å². The third kappa shape index (κ3) is 2.64. The molecule has 1 fully saturated rings. The average molecular weight is 246 g/mol. The molecule has 4 heteroatoms. The van der Waals surface area contributed by atoms with E-state index in [1.165, 1.54) is 0 Å². The van der Waals surface area contributed by atoms with Crippen LogP contribution in [0.25, 0.3) is 0 Å². The third-order valence-corrected chi connectivity index (χ3v) is 3.46. The second-order valence-corrected chi connectivity index (χ2v) is 4.67. The molecule has 2 rings (SSSR count). The lowest BCUT2D eigenvalue weighted by Gasteiger charge is -2.27. The highest BCUT2D eigenvalue weighted by Crippen LogP contribution is 2.29. The van der Waals surface area contributed by atoms with Crippen LogP contribution in [0.1, 0.15) is 24.4 Å². The zero-order valence-electron chi connectivity index (χ0n) is 8.21. The molecule has 0 radical (unpaired) electrons. The van der Waals surface area contributed by atoms with E-state index in [-0.39, 0.29) is 12.1 Å². The predicted octanol–water partition coefficient (Wildman–Crippen LogP) is 2.78. The van der Waals surface area contributed by atoms with Crippen LogP contribution in [0.5, 0.6) is 0 Å². The van der Waals surface area contributed by atoms with Crippen LogP contribution in [0.4, 0.5) is 0 Å². The number of aliphatic hydroxyl groups is 1. The van der Waals surface area contributed by atoms with Gasteiger partial charge in [-0.3, -0.25) is 0 Å². The second kappa shape index (κ2) is 4.71. The maximum Gasteiger partial charge on any atom is 0.0595 e. The van der Waals surface area contributed by atoms with Gasteiger partial charge < -0.3 is 10.4 Å². The Balaban J connectivity index is 2.18. The highest BCUT2D eigenvalue weighted by molar-refractivity contribution is 6.42. The molecule has 15 heavy (non-hydrogen) atoms. The van der Waals surface area contributed by atoms with Crippen LogP contribution in [0.15, 0.2) is 18.2 Å². The van der Waals surface area contributed by atoms with Crippen LogP contribution in [-0.2, 0) is 0 Å². The van der Waals surface area contributed by atoms with Gasteiger partial charge in [-0.05, 0) is 37.1 Å². The van der Waals surface area contributed by atoms with Gasteiger partial charge in [-0.15, -0.1) is 0 Å². The summed E-state index contributed by atoms with van der Waals surface area (Å²) in [6.07, 6.45) is 1.33. The maximum absolute atomic E-state index is 9.57. The van der Waals surface area contributed by atoms with Gasteiger partial charge in [-0.1, -0.05) is 29.3 Å². The molecule has 0 spiro atoms. The number of benzene rings is 1. The minimum absolute atomic E-state index is 0.184. The fourth-order valence-corrected chi connectivity index (χ4v) is 2.19. The SMILES string of the molecule is OC1CCNC(c2ccc(Cl)c(Cl)c2)C1. The minimum Gasteiger partial charge on any atom is -0.393 e. The fraction of sp³-hybridized carbons (Fsp3) is 0.455. The molecule has 2 nitrogen and oxygen atoms in total. The molecule has 0 saturated carbocycles. The molecule has 0 amide bonds. The summed E-state index contributed by atoms with van der Waals surface area (Å²) in [4.78, 5) is 0. The van der Waals surface area contributed by atoms with Crippen LogP contribution in [-0.4, -0.2) is 17.8 Å². The Morgan fingerprint density at radius 2 is 2.07 bits per heavy atom. The van der Waals surface area contributed by atoms with Gasteiger partial charge in [-0.25, -0.2) is 0 Å². The van der Waals surface area contributed by atoms with Crippen molar-refractivity contribution >= 4 is 23.2 Å². The van der Waals surface area contributed by atoms with Gasteiger partial charge >= 0.3 is 0 Å². The van der Waals surface area contributed by atoms with Crippen molar-refractivity contribution in [3.05, 3.63) is 33.8 Å². The number of rotatable bonds is 1. The summed E-state index contributed by atoms with van der Waals surface area (Å²) in [6, 6.07) is 5.79. The summed E-state index contributed by atoms with van der Waals surface area (Å²) in [5.41, 5.74) is 1.09. The summed E-state index contributed by atoms with van der Waals surface area (Å²) >= 11 is 11.8. The summed E-state index contributed by atoms with van der Waals surface area (Å²) in [5.74, 6) is 0. The van der Waals surface area contributed by atoms with Crippen molar-refractivity contribution in [2.75, 3.05) is 6.54 Å². The minimum atomic E-state index is -0.217. The average Bonchev–Trinajstić information content (AvgIpc) is 2.22. The molecule has 1 aromatic carbocycles. The van der Waals surface area contributed by atoms with E-state index in [4.69, 9.17) is 23.2 Å². The Morgan fingerprint density at radius 3 is 2.73 bits per heavy atom. The zero-order chi connectivity index (χ0) is 10.8. The summed E-state index contributed by atoms with van der Waals surface area (Å²) in [6.45, 7) is 0.839. The van der Waals surface area contributed by atoms with E-state index < -0.39 is 0 Å². The Hall–Kier alpha value is -0.280. The predicted molar refractivity (Wildman–Crippen MR) is 62.4 cm³/mol. The van der Waals surface area contributed by atoms with Gasteiger partial charge in [0.1, 0.15) is 0 Å². The quantitative estimate of drug-likeness (QED) is 0.798. The second-order valence-electron chi connectivity index (χ2n) is 3.86. The molecule has 2 atom stereocenters. The van der Waals surface area contributed by atoms with Crippen LogP contribution < -0.4 is 5.32 Å². The molecule has 1 aromatic rings. The molecular formula is C11H13Cl2NO. The largest absolute Gasteiger partial charge is 0.393 e. The van der Waals surface area contributed by atoms with E-state index in [1.54, 1.807) is 6.07 Å². The molecule has 0 bridgehead atoms. The van der Waals surface area contributed by atoms with Gasteiger partial charge in [0, 0.05) is 6.04 Å². The van der Waals surface area contributed by atoms with Crippen molar-refractivity contribution in [1.29, 1.82) is 0 Å². The highest BCUT2D eigenvalue weighted by atomic mass is 35.5. The Morgan fingerprint density at radius 1 is 1.27 bits per heavy atom. The van der Waals surface area contributed by atoms with Gasteiger partial charge in [0.05, 0.1) is 16.1 Å². The first-order valence-corrected chi connectivity index (χ1v) is 5.79. The van der Waals surface area contributed by atoms with E-state index in [0.717, 1.165) is 24.9 Å². The van der Waals surface area contributed by atoms with Crippen LogP contribution in [0, 0.1) is 0 Å². The Kier molecular flexibility index (Phi) is 3.52. The topological polar surface area (TPSA) is 32.3 Å². The number of piperidine rings is 1.